The molecule has 0 atom stereocenters. The number of benzene rings is 2. The zero-order chi connectivity index (χ0) is 24.3. The van der Waals surface area contributed by atoms with Crippen LogP contribution in [0, 0.1) is 0 Å². The molecule has 2 aliphatic heterocycles. The maximum absolute atomic E-state index is 13.5. The molecule has 0 radical (unpaired) electrons. The van der Waals surface area contributed by atoms with Crippen molar-refractivity contribution in [1.29, 1.82) is 0 Å². The summed E-state index contributed by atoms with van der Waals surface area (Å²) >= 11 is 6.04. The molecule has 34 heavy (non-hydrogen) atoms. The Morgan fingerprint density at radius 3 is 2.44 bits per heavy atom. The van der Waals surface area contributed by atoms with E-state index in [1.54, 1.807) is 17.0 Å². The standard InChI is InChI=1S/C25H28ClN3O5/c1-34-22(31)17-28-23(32)25(29(24(28)33)12-9-18-5-3-2-4-6-18)10-13-27(14-11-25)16-19-7-8-21(30)20(26)15-19/h2-8,15,30H,9-14,16-17H2,1H3. The highest BCUT2D eigenvalue weighted by molar-refractivity contribution is 6.32. The van der Waals surface area contributed by atoms with Crippen LogP contribution < -0.4 is 0 Å². The van der Waals surface area contributed by atoms with Crippen LogP contribution in [0.3, 0.4) is 0 Å². The van der Waals surface area contributed by atoms with Gasteiger partial charge in [-0.2, -0.15) is 0 Å². The molecule has 3 amide bonds. The van der Waals surface area contributed by atoms with Gasteiger partial charge in [-0.1, -0.05) is 48.0 Å². The monoisotopic (exact) mass is 485 g/mol. The van der Waals surface area contributed by atoms with Gasteiger partial charge in [0.1, 0.15) is 17.8 Å². The minimum absolute atomic E-state index is 0.0397. The summed E-state index contributed by atoms with van der Waals surface area (Å²) in [6.07, 6.45) is 1.55. The van der Waals surface area contributed by atoms with Crippen molar-refractivity contribution in [2.45, 2.75) is 31.3 Å². The van der Waals surface area contributed by atoms with E-state index in [-0.39, 0.29) is 18.2 Å². The second kappa shape index (κ2) is 10.0. The molecule has 2 aliphatic rings. The third-order valence-corrected chi connectivity index (χ3v) is 7.01. The fraction of sp³-hybridized carbons (Fsp3) is 0.400. The van der Waals surface area contributed by atoms with Crippen LogP contribution >= 0.6 is 11.6 Å². The van der Waals surface area contributed by atoms with Crippen molar-refractivity contribution >= 4 is 29.5 Å². The predicted molar refractivity (Wildman–Crippen MR) is 126 cm³/mol. The lowest BCUT2D eigenvalue weighted by atomic mass is 9.85. The van der Waals surface area contributed by atoms with Gasteiger partial charge in [0.2, 0.25) is 0 Å². The van der Waals surface area contributed by atoms with E-state index in [0.29, 0.717) is 50.5 Å². The number of urea groups is 1. The number of likely N-dealkylation sites (tertiary alicyclic amines) is 1. The van der Waals surface area contributed by atoms with E-state index in [4.69, 9.17) is 16.3 Å². The molecule has 0 bridgehead atoms. The van der Waals surface area contributed by atoms with Crippen LogP contribution in [0.2, 0.25) is 5.02 Å². The summed E-state index contributed by atoms with van der Waals surface area (Å²) in [5, 5.41) is 9.95. The molecule has 2 aromatic carbocycles. The number of rotatable bonds is 7. The molecule has 9 heteroatoms. The molecule has 1 spiro atoms. The first-order valence-corrected chi connectivity index (χ1v) is 11.7. The number of phenols is 1. The Labute approximate surface area is 203 Å². The molecule has 0 aromatic heterocycles. The first-order chi connectivity index (χ1) is 16.3. The number of piperidine rings is 1. The van der Waals surface area contributed by atoms with Gasteiger partial charge in [-0.25, -0.2) is 4.79 Å². The fourth-order valence-corrected chi connectivity index (χ4v) is 4.99. The number of imide groups is 1. The minimum atomic E-state index is -0.969. The number of nitrogens with zero attached hydrogens (tertiary/aromatic N) is 3. The number of aromatic hydroxyl groups is 1. The highest BCUT2D eigenvalue weighted by Crippen LogP contribution is 2.38. The van der Waals surface area contributed by atoms with Gasteiger partial charge in [0.25, 0.3) is 5.91 Å². The first-order valence-electron chi connectivity index (χ1n) is 11.3. The number of hydrogen-bond acceptors (Lipinski definition) is 6. The molecule has 2 fully saturated rings. The number of halogens is 1. The third-order valence-electron chi connectivity index (χ3n) is 6.71. The molecule has 0 saturated carbocycles. The number of amides is 3. The van der Waals surface area contributed by atoms with Crippen LogP contribution in [0.5, 0.6) is 5.75 Å². The number of ether oxygens (including phenoxy) is 1. The number of esters is 1. The highest BCUT2D eigenvalue weighted by atomic mass is 35.5. The molecule has 4 rings (SSSR count). The van der Waals surface area contributed by atoms with Crippen LogP contribution in [0.4, 0.5) is 4.79 Å². The van der Waals surface area contributed by atoms with Gasteiger partial charge < -0.3 is 14.7 Å². The number of carbonyl (C=O) groups excluding carboxylic acids is 3. The van der Waals surface area contributed by atoms with Crippen LogP contribution in [0.25, 0.3) is 0 Å². The second-order valence-corrected chi connectivity index (χ2v) is 9.14. The normalized spacial score (nSPS) is 18.1. The topological polar surface area (TPSA) is 90.4 Å². The smallest absolute Gasteiger partial charge is 0.328 e. The van der Waals surface area contributed by atoms with Crippen molar-refractivity contribution in [1.82, 2.24) is 14.7 Å². The SMILES string of the molecule is COC(=O)CN1C(=O)N(CCc2ccccc2)C2(CCN(Cc3ccc(O)c(Cl)c3)CC2)C1=O. The molecule has 0 aliphatic carbocycles. The van der Waals surface area contributed by atoms with Gasteiger partial charge in [0.05, 0.1) is 12.1 Å². The Bertz CT molecular complexity index is 1070. The number of carbonyl (C=O) groups is 3. The maximum Gasteiger partial charge on any atom is 0.328 e. The lowest BCUT2D eigenvalue weighted by Gasteiger charge is -2.42. The largest absolute Gasteiger partial charge is 0.506 e. The average molecular weight is 486 g/mol. The number of methoxy groups -OCH3 is 1. The minimum Gasteiger partial charge on any atom is -0.506 e. The summed E-state index contributed by atoms with van der Waals surface area (Å²) in [5.41, 5.74) is 1.06. The van der Waals surface area contributed by atoms with E-state index in [0.717, 1.165) is 16.0 Å². The van der Waals surface area contributed by atoms with Crippen LogP contribution in [0.15, 0.2) is 48.5 Å². The molecular formula is C25H28ClN3O5. The van der Waals surface area contributed by atoms with Gasteiger partial charge in [-0.05, 0) is 42.5 Å². The third kappa shape index (κ3) is 4.74. The summed E-state index contributed by atoms with van der Waals surface area (Å²) in [5.74, 6) is -0.912. The van der Waals surface area contributed by atoms with Crippen molar-refractivity contribution in [2.24, 2.45) is 0 Å². The Morgan fingerprint density at radius 1 is 1.09 bits per heavy atom. The van der Waals surface area contributed by atoms with Crippen molar-refractivity contribution in [3.8, 4) is 5.75 Å². The zero-order valence-electron chi connectivity index (χ0n) is 19.1. The summed E-state index contributed by atoms with van der Waals surface area (Å²) in [7, 11) is 1.24. The van der Waals surface area contributed by atoms with E-state index in [2.05, 4.69) is 4.90 Å². The molecular weight excluding hydrogens is 458 g/mol. The van der Waals surface area contributed by atoms with E-state index < -0.39 is 17.5 Å². The molecule has 1 N–H and O–H groups in total. The molecule has 2 saturated heterocycles. The lowest BCUT2D eigenvalue weighted by molar-refractivity contribution is -0.146. The van der Waals surface area contributed by atoms with Crippen molar-refractivity contribution in [3.05, 3.63) is 64.7 Å². The molecule has 180 valence electrons. The van der Waals surface area contributed by atoms with Gasteiger partial charge in [-0.15, -0.1) is 0 Å². The maximum atomic E-state index is 13.5. The summed E-state index contributed by atoms with van der Waals surface area (Å²) in [6.45, 7) is 1.83. The van der Waals surface area contributed by atoms with Crippen LogP contribution in [-0.2, 0) is 27.3 Å². The Hall–Kier alpha value is -3.10. The van der Waals surface area contributed by atoms with Gasteiger partial charge >= 0.3 is 12.0 Å². The quantitative estimate of drug-likeness (QED) is 0.479. The van der Waals surface area contributed by atoms with E-state index in [1.165, 1.54) is 7.11 Å². The van der Waals surface area contributed by atoms with Gasteiger partial charge in [-0.3, -0.25) is 19.4 Å². The van der Waals surface area contributed by atoms with E-state index in [9.17, 15) is 19.5 Å². The second-order valence-electron chi connectivity index (χ2n) is 8.73. The predicted octanol–water partition coefficient (Wildman–Crippen LogP) is 3.06. The lowest BCUT2D eigenvalue weighted by Crippen LogP contribution is -2.56. The Kier molecular flexibility index (Phi) is 7.09. The van der Waals surface area contributed by atoms with E-state index in [1.807, 2.05) is 36.4 Å². The van der Waals surface area contributed by atoms with Crippen molar-refractivity contribution in [2.75, 3.05) is 33.3 Å². The van der Waals surface area contributed by atoms with E-state index >= 15 is 0 Å². The fourth-order valence-electron chi connectivity index (χ4n) is 4.78. The first kappa shape index (κ1) is 24.0. The van der Waals surface area contributed by atoms with Gasteiger partial charge in [0.15, 0.2) is 0 Å². The van der Waals surface area contributed by atoms with Crippen molar-refractivity contribution < 1.29 is 24.2 Å². The average Bonchev–Trinajstić information content (AvgIpc) is 3.03. The Morgan fingerprint density at radius 2 is 1.79 bits per heavy atom. The zero-order valence-corrected chi connectivity index (χ0v) is 19.8. The summed E-state index contributed by atoms with van der Waals surface area (Å²) < 4.78 is 4.71. The van der Waals surface area contributed by atoms with Crippen molar-refractivity contribution in [3.63, 3.8) is 0 Å². The molecule has 2 aromatic rings. The van der Waals surface area contributed by atoms with Crippen LogP contribution in [0.1, 0.15) is 24.0 Å². The molecule has 8 nitrogen and oxygen atoms in total. The summed E-state index contributed by atoms with van der Waals surface area (Å²) in [6, 6.07) is 14.5. The molecule has 0 unspecified atom stereocenters. The number of hydrogen-bond donors (Lipinski definition) is 1. The summed E-state index contributed by atoms with van der Waals surface area (Å²) in [4.78, 5) is 43.6. The number of phenolic OH excluding ortho intramolecular Hbond substituents is 1. The molecule has 2 heterocycles. The van der Waals surface area contributed by atoms with Gasteiger partial charge in [0, 0.05) is 26.2 Å². The highest BCUT2D eigenvalue weighted by Gasteiger charge is 2.58. The Balaban J connectivity index is 1.51. The van der Waals surface area contributed by atoms with Crippen LogP contribution in [-0.4, -0.2) is 76.5 Å².